The fourth-order valence-corrected chi connectivity index (χ4v) is 2.43. The molecule has 2 nitrogen and oxygen atoms in total. The molecule has 0 radical (unpaired) electrons. The summed E-state index contributed by atoms with van der Waals surface area (Å²) in [7, 11) is 0. The summed E-state index contributed by atoms with van der Waals surface area (Å²) >= 11 is 12.6. The number of furan rings is 1. The number of halogens is 3. The van der Waals surface area contributed by atoms with Gasteiger partial charge in [-0.25, -0.2) is 0 Å². The minimum absolute atomic E-state index is 0.461. The molecule has 0 fully saturated rings. The van der Waals surface area contributed by atoms with Crippen molar-refractivity contribution in [3.63, 3.8) is 0 Å². The van der Waals surface area contributed by atoms with Crippen LogP contribution >= 0.6 is 43.5 Å². The van der Waals surface area contributed by atoms with E-state index < -0.39 is 6.10 Å². The van der Waals surface area contributed by atoms with Gasteiger partial charge in [-0.3, -0.25) is 0 Å². The van der Waals surface area contributed by atoms with Crippen molar-refractivity contribution in [2.45, 2.75) is 6.10 Å². The maximum absolute atomic E-state index is 10.2. The quantitative estimate of drug-likeness (QED) is 0.847. The second kappa shape index (κ2) is 4.92. The van der Waals surface area contributed by atoms with Gasteiger partial charge in [0, 0.05) is 15.1 Å². The molecule has 1 unspecified atom stereocenters. The standard InChI is InChI=1S/C11H7Br2ClO2/c12-8-2-1-6(14)5-7(8)10(15)11-9(13)3-4-16-11/h1-5,10,15H. The molecule has 0 saturated carbocycles. The van der Waals surface area contributed by atoms with Gasteiger partial charge in [0.2, 0.25) is 0 Å². The fourth-order valence-electron chi connectivity index (χ4n) is 1.37. The zero-order valence-electron chi connectivity index (χ0n) is 7.95. The minimum Gasteiger partial charge on any atom is -0.465 e. The number of hydrogen-bond donors (Lipinski definition) is 1. The third-order valence-corrected chi connectivity index (χ3v) is 3.76. The van der Waals surface area contributed by atoms with Crippen LogP contribution in [0.2, 0.25) is 5.02 Å². The molecule has 1 N–H and O–H groups in total. The number of rotatable bonds is 2. The molecule has 2 aromatic rings. The van der Waals surface area contributed by atoms with Crippen molar-refractivity contribution in [3.8, 4) is 0 Å². The summed E-state index contributed by atoms with van der Waals surface area (Å²) in [4.78, 5) is 0. The van der Waals surface area contributed by atoms with Crippen LogP contribution in [0.5, 0.6) is 0 Å². The van der Waals surface area contributed by atoms with Gasteiger partial charge in [0.25, 0.3) is 0 Å². The normalized spacial score (nSPS) is 12.8. The van der Waals surface area contributed by atoms with Crippen molar-refractivity contribution >= 4 is 43.5 Å². The van der Waals surface area contributed by atoms with Crippen LogP contribution in [-0.2, 0) is 0 Å². The summed E-state index contributed by atoms with van der Waals surface area (Å²) in [5.74, 6) is 0.461. The average molecular weight is 366 g/mol. The molecule has 0 aliphatic carbocycles. The molecular weight excluding hydrogens is 359 g/mol. The Labute approximate surface area is 114 Å². The monoisotopic (exact) mass is 364 g/mol. The van der Waals surface area contributed by atoms with Crippen molar-refractivity contribution in [1.29, 1.82) is 0 Å². The molecule has 0 saturated heterocycles. The summed E-state index contributed by atoms with van der Waals surface area (Å²) < 4.78 is 6.73. The Bertz CT molecular complexity index is 510. The molecule has 2 rings (SSSR count). The number of aliphatic hydroxyl groups is 1. The van der Waals surface area contributed by atoms with E-state index in [0.29, 0.717) is 16.3 Å². The third-order valence-electron chi connectivity index (χ3n) is 2.15. The van der Waals surface area contributed by atoms with Gasteiger partial charge in [0.15, 0.2) is 5.76 Å². The lowest BCUT2D eigenvalue weighted by atomic mass is 10.1. The SMILES string of the molecule is OC(c1cc(Cl)ccc1Br)c1occc1Br. The van der Waals surface area contributed by atoms with Crippen LogP contribution in [0, 0.1) is 0 Å². The maximum Gasteiger partial charge on any atom is 0.150 e. The predicted molar refractivity (Wildman–Crippen MR) is 69.6 cm³/mol. The zero-order valence-corrected chi connectivity index (χ0v) is 11.9. The Hall–Kier alpha value is -0.290. The predicted octanol–water partition coefficient (Wildman–Crippen LogP) is 4.54. The van der Waals surface area contributed by atoms with Crippen LogP contribution in [0.4, 0.5) is 0 Å². The fraction of sp³-hybridized carbons (Fsp3) is 0.0909. The molecule has 84 valence electrons. The van der Waals surface area contributed by atoms with E-state index in [1.807, 2.05) is 0 Å². The highest BCUT2D eigenvalue weighted by Gasteiger charge is 2.19. The maximum atomic E-state index is 10.2. The number of benzene rings is 1. The molecule has 1 aromatic heterocycles. The molecule has 0 aliphatic rings. The van der Waals surface area contributed by atoms with E-state index in [9.17, 15) is 5.11 Å². The van der Waals surface area contributed by atoms with Crippen LogP contribution in [0.15, 0.2) is 43.9 Å². The van der Waals surface area contributed by atoms with Crippen LogP contribution in [0.1, 0.15) is 17.4 Å². The van der Waals surface area contributed by atoms with E-state index in [1.165, 1.54) is 6.26 Å². The van der Waals surface area contributed by atoms with Gasteiger partial charge >= 0.3 is 0 Å². The Kier molecular flexibility index (Phi) is 3.74. The van der Waals surface area contributed by atoms with Crippen molar-refractivity contribution < 1.29 is 9.52 Å². The summed E-state index contributed by atoms with van der Waals surface area (Å²) in [6.45, 7) is 0. The second-order valence-electron chi connectivity index (χ2n) is 3.20. The Morgan fingerprint density at radius 3 is 2.56 bits per heavy atom. The van der Waals surface area contributed by atoms with Gasteiger partial charge in [-0.05, 0) is 40.2 Å². The van der Waals surface area contributed by atoms with E-state index in [1.54, 1.807) is 24.3 Å². The van der Waals surface area contributed by atoms with Crippen molar-refractivity contribution in [2.24, 2.45) is 0 Å². The topological polar surface area (TPSA) is 33.4 Å². The van der Waals surface area contributed by atoms with E-state index in [0.717, 1.165) is 8.95 Å². The molecule has 16 heavy (non-hydrogen) atoms. The van der Waals surface area contributed by atoms with Crippen LogP contribution in [0.3, 0.4) is 0 Å². The molecule has 0 spiro atoms. The van der Waals surface area contributed by atoms with Gasteiger partial charge in [-0.15, -0.1) is 0 Å². The Morgan fingerprint density at radius 2 is 1.94 bits per heavy atom. The lowest BCUT2D eigenvalue weighted by Crippen LogP contribution is -1.99. The first-order valence-corrected chi connectivity index (χ1v) is 6.42. The molecule has 0 aliphatic heterocycles. The van der Waals surface area contributed by atoms with Gasteiger partial charge < -0.3 is 9.52 Å². The molecule has 0 amide bonds. The first kappa shape index (κ1) is 12.2. The van der Waals surface area contributed by atoms with Crippen LogP contribution in [0.25, 0.3) is 0 Å². The van der Waals surface area contributed by atoms with Crippen molar-refractivity contribution in [1.82, 2.24) is 0 Å². The highest BCUT2D eigenvalue weighted by atomic mass is 79.9. The van der Waals surface area contributed by atoms with E-state index in [2.05, 4.69) is 31.9 Å². The van der Waals surface area contributed by atoms with E-state index >= 15 is 0 Å². The first-order valence-electron chi connectivity index (χ1n) is 4.45. The zero-order chi connectivity index (χ0) is 11.7. The summed E-state index contributed by atoms with van der Waals surface area (Å²) in [5, 5.41) is 10.7. The lowest BCUT2D eigenvalue weighted by molar-refractivity contribution is 0.187. The second-order valence-corrected chi connectivity index (χ2v) is 5.35. The molecule has 1 heterocycles. The van der Waals surface area contributed by atoms with Crippen molar-refractivity contribution in [2.75, 3.05) is 0 Å². The molecule has 5 heteroatoms. The Balaban J connectivity index is 2.45. The number of hydrogen-bond acceptors (Lipinski definition) is 2. The lowest BCUT2D eigenvalue weighted by Gasteiger charge is -2.11. The summed E-state index contributed by atoms with van der Waals surface area (Å²) in [6, 6.07) is 6.97. The van der Waals surface area contributed by atoms with E-state index in [4.69, 9.17) is 16.0 Å². The van der Waals surface area contributed by atoms with Gasteiger partial charge in [-0.1, -0.05) is 27.5 Å². The van der Waals surface area contributed by atoms with Crippen molar-refractivity contribution in [3.05, 3.63) is 55.8 Å². The summed E-state index contributed by atoms with van der Waals surface area (Å²) in [6.07, 6.45) is 0.665. The molecule has 0 bridgehead atoms. The first-order chi connectivity index (χ1) is 7.59. The molecule has 1 aromatic carbocycles. The highest BCUT2D eigenvalue weighted by molar-refractivity contribution is 9.10. The minimum atomic E-state index is -0.850. The number of aliphatic hydroxyl groups excluding tert-OH is 1. The third kappa shape index (κ3) is 2.35. The Morgan fingerprint density at radius 1 is 1.19 bits per heavy atom. The van der Waals surface area contributed by atoms with E-state index in [-0.39, 0.29) is 0 Å². The smallest absolute Gasteiger partial charge is 0.150 e. The average Bonchev–Trinajstić information content (AvgIpc) is 2.67. The largest absolute Gasteiger partial charge is 0.465 e. The van der Waals surface area contributed by atoms with Gasteiger partial charge in [0.1, 0.15) is 6.10 Å². The molecule has 1 atom stereocenters. The van der Waals surface area contributed by atoms with Gasteiger partial charge in [-0.2, -0.15) is 0 Å². The van der Waals surface area contributed by atoms with Gasteiger partial charge in [0.05, 0.1) is 10.7 Å². The van der Waals surface area contributed by atoms with Crippen LogP contribution in [-0.4, -0.2) is 5.11 Å². The highest BCUT2D eigenvalue weighted by Crippen LogP contribution is 2.34. The molecular formula is C11H7Br2ClO2. The summed E-state index contributed by atoms with van der Waals surface area (Å²) in [5.41, 5.74) is 0.670. The van der Waals surface area contributed by atoms with Crippen LogP contribution < -0.4 is 0 Å².